The summed E-state index contributed by atoms with van der Waals surface area (Å²) in [7, 11) is -2.86. The topological polar surface area (TPSA) is 107 Å². The lowest BCUT2D eigenvalue weighted by Gasteiger charge is -2.31. The van der Waals surface area contributed by atoms with Crippen LogP contribution in [-0.4, -0.2) is 60.7 Å². The number of aliphatic hydroxyl groups is 1. The van der Waals surface area contributed by atoms with Crippen LogP contribution in [0, 0.1) is 11.7 Å². The van der Waals surface area contributed by atoms with Gasteiger partial charge in [-0.25, -0.2) is 12.8 Å². The maximum absolute atomic E-state index is 14.1. The first-order valence-corrected chi connectivity index (χ1v) is 16.3. The monoisotopic (exact) mass is 650 g/mol. The van der Waals surface area contributed by atoms with Gasteiger partial charge in [0.15, 0.2) is 0 Å². The molecule has 0 amide bonds. The molecule has 3 N–H and O–H groups in total. The number of likely N-dealkylation sites (N-methyl/N-ethyl adjacent to an activating group) is 1. The van der Waals surface area contributed by atoms with Crippen molar-refractivity contribution in [1.82, 2.24) is 9.62 Å². The van der Waals surface area contributed by atoms with E-state index in [4.69, 9.17) is 28.3 Å². The highest BCUT2D eigenvalue weighted by molar-refractivity contribution is 7.89. The largest absolute Gasteiger partial charge is 0.481 e. The second-order valence-electron chi connectivity index (χ2n) is 11.9. The van der Waals surface area contributed by atoms with Gasteiger partial charge in [-0.2, -0.15) is 4.31 Å². The predicted molar refractivity (Wildman–Crippen MR) is 168 cm³/mol. The lowest BCUT2D eigenvalue weighted by atomic mass is 9.88. The van der Waals surface area contributed by atoms with Crippen LogP contribution in [0.1, 0.15) is 43.4 Å². The molecule has 0 spiro atoms. The first kappa shape index (κ1) is 33.4. The molecule has 11 heteroatoms. The highest BCUT2D eigenvalue weighted by atomic mass is 35.5. The molecule has 0 radical (unpaired) electrons. The predicted octanol–water partition coefficient (Wildman–Crippen LogP) is 5.97. The third-order valence-electron chi connectivity index (χ3n) is 7.88. The Kier molecular flexibility index (Phi) is 10.6. The Hall–Kier alpha value is -2.53. The van der Waals surface area contributed by atoms with Gasteiger partial charge in [0, 0.05) is 32.1 Å². The van der Waals surface area contributed by atoms with Gasteiger partial charge in [0.1, 0.15) is 10.7 Å². The minimum absolute atomic E-state index is 0.139. The summed E-state index contributed by atoms with van der Waals surface area (Å²) in [5.41, 5.74) is 3.78. The number of carboxylic acid groups (broad SMARTS) is 1. The number of nitrogens with zero attached hydrogens (tertiary/aromatic N) is 1. The fourth-order valence-corrected chi connectivity index (χ4v) is 8.20. The number of β-amino-alcohol motifs (C(OH)–C–C–N with tert-alkyl or cyclic N) is 1. The number of halogens is 3. The summed E-state index contributed by atoms with van der Waals surface area (Å²) in [6.07, 6.45) is 1.92. The molecule has 7 nitrogen and oxygen atoms in total. The average Bonchev–Trinajstić information content (AvgIpc) is 3.32. The molecule has 0 bridgehead atoms. The van der Waals surface area contributed by atoms with Gasteiger partial charge < -0.3 is 15.5 Å². The van der Waals surface area contributed by atoms with Crippen LogP contribution in [0.4, 0.5) is 4.39 Å². The molecular formula is C32H37Cl2FN2O5S. The maximum atomic E-state index is 14.1. The molecule has 0 heterocycles. The molecule has 0 aliphatic heterocycles. The maximum Gasteiger partial charge on any atom is 0.303 e. The Morgan fingerprint density at radius 1 is 1.09 bits per heavy atom. The number of aliphatic carboxylic acids is 1. The van der Waals surface area contributed by atoms with E-state index in [1.807, 2.05) is 0 Å². The number of aryl methyl sites for hydroxylation is 1. The molecule has 1 aliphatic carbocycles. The smallest absolute Gasteiger partial charge is 0.303 e. The van der Waals surface area contributed by atoms with Crippen molar-refractivity contribution in [3.8, 4) is 11.1 Å². The normalized spacial score (nSPS) is 14.7. The van der Waals surface area contributed by atoms with E-state index in [-0.39, 0.29) is 46.4 Å². The number of nitrogens with one attached hydrogen (secondary N) is 1. The van der Waals surface area contributed by atoms with Gasteiger partial charge in [-0.05, 0) is 97.5 Å². The third kappa shape index (κ3) is 8.35. The van der Waals surface area contributed by atoms with Crippen molar-refractivity contribution in [3.63, 3.8) is 0 Å². The van der Waals surface area contributed by atoms with Crippen molar-refractivity contribution in [2.45, 2.75) is 62.5 Å². The zero-order valence-electron chi connectivity index (χ0n) is 24.4. The highest BCUT2D eigenvalue weighted by Crippen LogP contribution is 2.38. The van der Waals surface area contributed by atoms with Crippen molar-refractivity contribution in [2.75, 3.05) is 20.1 Å². The Labute approximate surface area is 262 Å². The fraction of sp³-hybridized carbons (Fsp3) is 0.406. The summed E-state index contributed by atoms with van der Waals surface area (Å²) in [5.74, 6) is -1.05. The summed E-state index contributed by atoms with van der Waals surface area (Å²) in [4.78, 5) is 10.8. The Balaban J connectivity index is 1.42. The SMILES string of the molecule is CN(C[C@H](O)CNC(C)(C)CC1Cc2ccccc2C1)S(=O)(=O)c1c(Cl)cc(-c2cc(F)ccc2CCC(=O)O)cc1Cl. The zero-order chi connectivity index (χ0) is 31.5. The second-order valence-corrected chi connectivity index (χ2v) is 14.7. The molecule has 3 aromatic rings. The number of hydrogen-bond donors (Lipinski definition) is 3. The van der Waals surface area contributed by atoms with Crippen LogP contribution < -0.4 is 5.32 Å². The molecule has 0 fully saturated rings. The fourth-order valence-electron chi connectivity index (χ4n) is 5.84. The molecule has 232 valence electrons. The lowest BCUT2D eigenvalue weighted by Crippen LogP contribution is -2.47. The van der Waals surface area contributed by atoms with E-state index in [1.54, 1.807) is 0 Å². The molecule has 43 heavy (non-hydrogen) atoms. The number of carbonyl (C=O) groups is 1. The standard InChI is InChI=1S/C32H37Cl2FN2O5S/c1-32(2,17-20-12-22-6-4-5-7-23(22)13-20)36-18-26(38)19-37(3)43(41,42)31-28(33)14-24(15-29(31)34)27-16-25(35)10-8-21(27)9-11-30(39)40/h4-8,10,14-16,20,26,36,38H,9,11-13,17-19H2,1-3H3,(H,39,40)/t26-/m1/s1. The van der Waals surface area contributed by atoms with Crippen LogP contribution in [0.2, 0.25) is 10.0 Å². The van der Waals surface area contributed by atoms with E-state index in [1.165, 1.54) is 48.5 Å². The highest BCUT2D eigenvalue weighted by Gasteiger charge is 2.31. The van der Waals surface area contributed by atoms with Crippen molar-refractivity contribution in [1.29, 1.82) is 0 Å². The third-order valence-corrected chi connectivity index (χ3v) is 10.6. The van der Waals surface area contributed by atoms with Gasteiger partial charge in [-0.1, -0.05) is 53.5 Å². The molecular weight excluding hydrogens is 614 g/mol. The van der Waals surface area contributed by atoms with Crippen molar-refractivity contribution < 1.29 is 27.8 Å². The van der Waals surface area contributed by atoms with E-state index in [2.05, 4.69) is 43.4 Å². The van der Waals surface area contributed by atoms with Gasteiger partial charge in [0.25, 0.3) is 0 Å². The van der Waals surface area contributed by atoms with Crippen LogP contribution in [0.15, 0.2) is 59.5 Å². The van der Waals surface area contributed by atoms with Crippen LogP contribution in [0.25, 0.3) is 11.1 Å². The Morgan fingerprint density at radius 3 is 2.28 bits per heavy atom. The number of fused-ring (bicyclic) bond motifs is 1. The average molecular weight is 652 g/mol. The van der Waals surface area contributed by atoms with Gasteiger partial charge >= 0.3 is 5.97 Å². The summed E-state index contributed by atoms with van der Waals surface area (Å²) in [5, 5.41) is 22.9. The quantitative estimate of drug-likeness (QED) is 0.210. The Bertz CT molecular complexity index is 1550. The minimum Gasteiger partial charge on any atom is -0.481 e. The first-order valence-electron chi connectivity index (χ1n) is 14.1. The van der Waals surface area contributed by atoms with Crippen molar-refractivity contribution >= 4 is 39.2 Å². The number of aliphatic hydroxyl groups excluding tert-OH is 1. The van der Waals surface area contributed by atoms with Gasteiger partial charge in [0.2, 0.25) is 10.0 Å². The van der Waals surface area contributed by atoms with Crippen LogP contribution in [0.5, 0.6) is 0 Å². The van der Waals surface area contributed by atoms with E-state index in [0.717, 1.165) is 23.6 Å². The summed E-state index contributed by atoms with van der Waals surface area (Å²) >= 11 is 12.9. The van der Waals surface area contributed by atoms with E-state index < -0.39 is 27.9 Å². The van der Waals surface area contributed by atoms with Gasteiger partial charge in [-0.15, -0.1) is 0 Å². The molecule has 4 rings (SSSR count). The molecule has 0 saturated heterocycles. The number of rotatable bonds is 13. The van der Waals surface area contributed by atoms with Crippen LogP contribution in [-0.2, 0) is 34.1 Å². The van der Waals surface area contributed by atoms with E-state index in [9.17, 15) is 22.7 Å². The summed E-state index contributed by atoms with van der Waals surface area (Å²) in [6, 6.07) is 15.1. The van der Waals surface area contributed by atoms with E-state index in [0.29, 0.717) is 22.6 Å². The number of hydrogen-bond acceptors (Lipinski definition) is 5. The summed E-state index contributed by atoms with van der Waals surface area (Å²) in [6.45, 7) is 4.15. The number of sulfonamides is 1. The van der Waals surface area contributed by atoms with Crippen molar-refractivity contribution in [2.24, 2.45) is 5.92 Å². The first-order chi connectivity index (χ1) is 20.2. The molecule has 0 saturated carbocycles. The number of benzene rings is 3. The van der Waals surface area contributed by atoms with Gasteiger partial charge in [0.05, 0.1) is 16.1 Å². The van der Waals surface area contributed by atoms with Crippen LogP contribution >= 0.6 is 23.2 Å². The molecule has 1 aliphatic rings. The lowest BCUT2D eigenvalue weighted by molar-refractivity contribution is -0.136. The van der Waals surface area contributed by atoms with Gasteiger partial charge in [-0.3, -0.25) is 4.79 Å². The molecule has 0 unspecified atom stereocenters. The molecule has 3 aromatic carbocycles. The van der Waals surface area contributed by atoms with Crippen LogP contribution in [0.3, 0.4) is 0 Å². The zero-order valence-corrected chi connectivity index (χ0v) is 26.7. The van der Waals surface area contributed by atoms with E-state index >= 15 is 0 Å². The Morgan fingerprint density at radius 2 is 1.70 bits per heavy atom. The van der Waals surface area contributed by atoms with Crippen molar-refractivity contribution in [3.05, 3.63) is 87.2 Å². The molecule has 1 atom stereocenters. The number of carboxylic acids is 1. The summed E-state index contributed by atoms with van der Waals surface area (Å²) < 4.78 is 42.1. The molecule has 0 aromatic heterocycles. The minimum atomic E-state index is -4.21. The second kappa shape index (κ2) is 13.6.